The minimum Gasteiger partial charge on any atom is -0.492 e. The fourth-order valence-electron chi connectivity index (χ4n) is 2.63. The normalized spacial score (nSPS) is 17.7. The second-order valence-electron chi connectivity index (χ2n) is 5.55. The fourth-order valence-corrected chi connectivity index (χ4v) is 2.63. The maximum Gasteiger partial charge on any atom is 0.223 e. The second-order valence-corrected chi connectivity index (χ2v) is 5.55. The van der Waals surface area contributed by atoms with E-state index in [0.717, 1.165) is 18.6 Å². The maximum atomic E-state index is 11.4. The summed E-state index contributed by atoms with van der Waals surface area (Å²) in [6.45, 7) is 1.16. The summed E-state index contributed by atoms with van der Waals surface area (Å²) in [7, 11) is 0. The minimum atomic E-state index is 0.189. The summed E-state index contributed by atoms with van der Waals surface area (Å²) in [6, 6.07) is 6.40. The van der Waals surface area contributed by atoms with Gasteiger partial charge in [-0.2, -0.15) is 0 Å². The molecule has 0 bridgehead atoms. The molecule has 0 saturated heterocycles. The molecule has 1 aromatic rings. The molecule has 0 unspecified atom stereocenters. The Morgan fingerprint density at radius 1 is 1.21 bits per heavy atom. The van der Waals surface area contributed by atoms with Crippen molar-refractivity contribution in [1.82, 2.24) is 5.32 Å². The van der Waals surface area contributed by atoms with Gasteiger partial charge in [0, 0.05) is 5.92 Å². The zero-order valence-electron chi connectivity index (χ0n) is 11.3. The van der Waals surface area contributed by atoms with Crippen molar-refractivity contribution >= 4 is 5.91 Å². The highest BCUT2D eigenvalue weighted by Crippen LogP contribution is 2.28. The smallest absolute Gasteiger partial charge is 0.223 e. The van der Waals surface area contributed by atoms with Gasteiger partial charge in [-0.15, -0.1) is 0 Å². The summed E-state index contributed by atoms with van der Waals surface area (Å²) in [5, 5.41) is 2.91. The van der Waals surface area contributed by atoms with Gasteiger partial charge in [0.15, 0.2) is 0 Å². The van der Waals surface area contributed by atoms with E-state index in [4.69, 9.17) is 4.74 Å². The number of nitrogens with one attached hydrogen (secondary N) is 1. The van der Waals surface area contributed by atoms with Gasteiger partial charge < -0.3 is 10.1 Å². The molecule has 2 aliphatic carbocycles. The van der Waals surface area contributed by atoms with Gasteiger partial charge in [-0.1, -0.05) is 6.07 Å². The van der Waals surface area contributed by atoms with Crippen LogP contribution < -0.4 is 10.1 Å². The maximum absolute atomic E-state index is 11.4. The van der Waals surface area contributed by atoms with E-state index in [2.05, 4.69) is 17.4 Å². The Kier molecular flexibility index (Phi) is 3.72. The number of rotatable bonds is 5. The number of hydrogen-bond acceptors (Lipinski definition) is 2. The fraction of sp³-hybridized carbons (Fsp3) is 0.562. The molecule has 3 heteroatoms. The lowest BCUT2D eigenvalue weighted by atomic mass is 9.92. The molecule has 3 rings (SSSR count). The van der Waals surface area contributed by atoms with Crippen molar-refractivity contribution in [1.29, 1.82) is 0 Å². The largest absolute Gasteiger partial charge is 0.492 e. The summed E-state index contributed by atoms with van der Waals surface area (Å²) in [5.41, 5.74) is 2.91. The molecule has 19 heavy (non-hydrogen) atoms. The topological polar surface area (TPSA) is 38.3 Å². The van der Waals surface area contributed by atoms with Crippen LogP contribution in [0, 0.1) is 5.92 Å². The van der Waals surface area contributed by atoms with Crippen molar-refractivity contribution in [2.24, 2.45) is 5.92 Å². The van der Waals surface area contributed by atoms with Crippen LogP contribution in [-0.2, 0) is 17.6 Å². The summed E-state index contributed by atoms with van der Waals surface area (Å²) in [5.74, 6) is 1.40. The molecule has 0 aliphatic heterocycles. The van der Waals surface area contributed by atoms with Gasteiger partial charge in [0.25, 0.3) is 0 Å². The molecule has 1 saturated carbocycles. The number of aryl methyl sites for hydroxylation is 2. The molecule has 2 aliphatic rings. The molecule has 0 spiro atoms. The van der Waals surface area contributed by atoms with Crippen molar-refractivity contribution in [3.63, 3.8) is 0 Å². The summed E-state index contributed by atoms with van der Waals surface area (Å²) < 4.78 is 5.71. The number of carbonyl (C=O) groups excluding carboxylic acids is 1. The Morgan fingerprint density at radius 2 is 2.00 bits per heavy atom. The standard InChI is InChI=1S/C16H21NO2/c18-16(13-5-6-13)17-9-10-19-15-8-7-12-3-1-2-4-14(12)11-15/h7-8,11,13H,1-6,9-10H2,(H,17,18). The number of amides is 1. The molecule has 0 atom stereocenters. The zero-order chi connectivity index (χ0) is 13.1. The van der Waals surface area contributed by atoms with Gasteiger partial charge in [0.2, 0.25) is 5.91 Å². The SMILES string of the molecule is O=C(NCCOc1ccc2c(c1)CCCC2)C1CC1. The van der Waals surface area contributed by atoms with E-state index in [1.165, 1.54) is 36.8 Å². The van der Waals surface area contributed by atoms with E-state index in [9.17, 15) is 4.79 Å². The van der Waals surface area contributed by atoms with E-state index < -0.39 is 0 Å². The monoisotopic (exact) mass is 259 g/mol. The van der Waals surface area contributed by atoms with Gasteiger partial charge in [-0.25, -0.2) is 0 Å². The van der Waals surface area contributed by atoms with Crippen molar-refractivity contribution in [3.8, 4) is 5.75 Å². The third-order valence-electron chi connectivity index (χ3n) is 3.94. The first-order valence-electron chi connectivity index (χ1n) is 7.35. The molecule has 0 heterocycles. The Labute approximate surface area is 114 Å². The van der Waals surface area contributed by atoms with Crippen molar-refractivity contribution in [2.45, 2.75) is 38.5 Å². The molecule has 1 N–H and O–H groups in total. The highest BCUT2D eigenvalue weighted by atomic mass is 16.5. The highest BCUT2D eigenvalue weighted by Gasteiger charge is 2.28. The minimum absolute atomic E-state index is 0.189. The quantitative estimate of drug-likeness (QED) is 0.825. The van der Waals surface area contributed by atoms with Gasteiger partial charge in [0.05, 0.1) is 6.54 Å². The Balaban J connectivity index is 1.45. The second kappa shape index (κ2) is 5.64. The van der Waals surface area contributed by atoms with E-state index in [0.29, 0.717) is 13.2 Å². The van der Waals surface area contributed by atoms with Crippen LogP contribution in [0.1, 0.15) is 36.8 Å². The van der Waals surface area contributed by atoms with Crippen LogP contribution in [0.2, 0.25) is 0 Å². The number of benzene rings is 1. The van der Waals surface area contributed by atoms with Crippen LogP contribution in [0.3, 0.4) is 0 Å². The lowest BCUT2D eigenvalue weighted by Crippen LogP contribution is -2.29. The van der Waals surface area contributed by atoms with Crippen molar-refractivity contribution in [3.05, 3.63) is 29.3 Å². The van der Waals surface area contributed by atoms with Gasteiger partial charge in [0.1, 0.15) is 12.4 Å². The predicted molar refractivity (Wildman–Crippen MR) is 74.3 cm³/mol. The molecule has 3 nitrogen and oxygen atoms in total. The van der Waals surface area contributed by atoms with Crippen molar-refractivity contribution < 1.29 is 9.53 Å². The van der Waals surface area contributed by atoms with Crippen molar-refractivity contribution in [2.75, 3.05) is 13.2 Å². The third kappa shape index (κ3) is 3.28. The zero-order valence-corrected chi connectivity index (χ0v) is 11.3. The van der Waals surface area contributed by atoms with Crippen LogP contribution in [-0.4, -0.2) is 19.1 Å². The Morgan fingerprint density at radius 3 is 2.79 bits per heavy atom. The molecule has 1 fully saturated rings. The van der Waals surface area contributed by atoms with Crippen LogP contribution >= 0.6 is 0 Å². The average molecular weight is 259 g/mol. The van der Waals surface area contributed by atoms with Crippen LogP contribution in [0.5, 0.6) is 5.75 Å². The molecule has 1 aromatic carbocycles. The molecule has 1 amide bonds. The Hall–Kier alpha value is -1.51. The lowest BCUT2D eigenvalue weighted by molar-refractivity contribution is -0.122. The highest BCUT2D eigenvalue weighted by molar-refractivity contribution is 5.80. The third-order valence-corrected chi connectivity index (χ3v) is 3.94. The number of ether oxygens (including phenoxy) is 1. The first kappa shape index (κ1) is 12.5. The molecular formula is C16H21NO2. The van der Waals surface area contributed by atoms with Gasteiger partial charge >= 0.3 is 0 Å². The number of carbonyl (C=O) groups is 1. The summed E-state index contributed by atoms with van der Waals surface area (Å²) in [4.78, 5) is 11.4. The number of fused-ring (bicyclic) bond motifs is 1. The number of hydrogen-bond donors (Lipinski definition) is 1. The van der Waals surface area contributed by atoms with Crippen LogP contribution in [0.25, 0.3) is 0 Å². The van der Waals surface area contributed by atoms with E-state index >= 15 is 0 Å². The first-order valence-corrected chi connectivity index (χ1v) is 7.35. The summed E-state index contributed by atoms with van der Waals surface area (Å²) in [6.07, 6.45) is 7.07. The summed E-state index contributed by atoms with van der Waals surface area (Å²) >= 11 is 0. The van der Waals surface area contributed by atoms with E-state index in [-0.39, 0.29) is 11.8 Å². The first-order chi connectivity index (χ1) is 9.33. The molecule has 102 valence electrons. The van der Waals surface area contributed by atoms with Gasteiger partial charge in [-0.05, 0) is 61.8 Å². The lowest BCUT2D eigenvalue weighted by Gasteiger charge is -2.16. The molecule has 0 radical (unpaired) electrons. The predicted octanol–water partition coefficient (Wildman–Crippen LogP) is 2.47. The van der Waals surface area contributed by atoms with E-state index in [1.807, 2.05) is 6.07 Å². The molecule has 0 aromatic heterocycles. The van der Waals surface area contributed by atoms with Crippen LogP contribution in [0.15, 0.2) is 18.2 Å². The molecular weight excluding hydrogens is 238 g/mol. The van der Waals surface area contributed by atoms with E-state index in [1.54, 1.807) is 0 Å². The Bertz CT molecular complexity index is 466. The van der Waals surface area contributed by atoms with Crippen LogP contribution in [0.4, 0.5) is 0 Å². The average Bonchev–Trinajstić information content (AvgIpc) is 3.28. The van der Waals surface area contributed by atoms with Gasteiger partial charge in [-0.3, -0.25) is 4.79 Å².